The van der Waals surface area contributed by atoms with E-state index in [4.69, 9.17) is 4.74 Å². The summed E-state index contributed by atoms with van der Waals surface area (Å²) in [6.07, 6.45) is 3.08. The lowest BCUT2D eigenvalue weighted by Crippen LogP contribution is -2.35. The second kappa shape index (κ2) is 9.30. The Morgan fingerprint density at radius 2 is 1.75 bits per heavy atom. The van der Waals surface area contributed by atoms with Gasteiger partial charge in [0.05, 0.1) is 11.8 Å². The van der Waals surface area contributed by atoms with Gasteiger partial charge in [-0.15, -0.1) is 10.2 Å². The van der Waals surface area contributed by atoms with Gasteiger partial charge in [-0.1, -0.05) is 36.4 Å². The number of hydrogen-bond acceptors (Lipinski definition) is 5. The average Bonchev–Trinajstić information content (AvgIpc) is 3.33. The molecule has 0 aliphatic heterocycles. The SMILES string of the molecule is CC(C)Oc1ccc2ccccc2c1CNC(=O)C(=O)Nc1cccc(-n2cnnc2)c1. The molecular formula is C24H23N5O3. The molecule has 8 nitrogen and oxygen atoms in total. The second-order valence-electron chi connectivity index (χ2n) is 7.49. The monoisotopic (exact) mass is 429 g/mol. The van der Waals surface area contributed by atoms with Crippen molar-refractivity contribution in [1.82, 2.24) is 20.1 Å². The first-order chi connectivity index (χ1) is 15.5. The number of aromatic nitrogens is 3. The number of ether oxygens (including phenoxy) is 1. The summed E-state index contributed by atoms with van der Waals surface area (Å²) < 4.78 is 7.63. The molecule has 0 atom stereocenters. The minimum atomic E-state index is -0.752. The molecular weight excluding hydrogens is 406 g/mol. The normalized spacial score (nSPS) is 10.8. The smallest absolute Gasteiger partial charge is 0.313 e. The summed E-state index contributed by atoms with van der Waals surface area (Å²) in [6.45, 7) is 4.05. The zero-order valence-corrected chi connectivity index (χ0v) is 17.8. The Kier molecular flexibility index (Phi) is 6.12. The Balaban J connectivity index is 1.47. The Morgan fingerprint density at radius 1 is 0.969 bits per heavy atom. The molecule has 162 valence electrons. The highest BCUT2D eigenvalue weighted by molar-refractivity contribution is 6.39. The number of anilines is 1. The number of hydrogen-bond donors (Lipinski definition) is 2. The van der Waals surface area contributed by atoms with Crippen LogP contribution in [0, 0.1) is 0 Å². The molecule has 0 saturated heterocycles. The molecule has 3 aromatic carbocycles. The maximum absolute atomic E-state index is 12.5. The number of amides is 2. The minimum absolute atomic E-state index is 0.0214. The van der Waals surface area contributed by atoms with Crippen molar-refractivity contribution in [2.75, 3.05) is 5.32 Å². The van der Waals surface area contributed by atoms with Crippen LogP contribution >= 0.6 is 0 Å². The lowest BCUT2D eigenvalue weighted by Gasteiger charge is -2.17. The predicted octanol–water partition coefficient (Wildman–Crippen LogP) is 3.46. The van der Waals surface area contributed by atoms with Gasteiger partial charge in [0.25, 0.3) is 0 Å². The Labute approximate surface area is 185 Å². The predicted molar refractivity (Wildman–Crippen MR) is 122 cm³/mol. The first-order valence-electron chi connectivity index (χ1n) is 10.2. The molecule has 0 saturated carbocycles. The second-order valence-corrected chi connectivity index (χ2v) is 7.49. The summed E-state index contributed by atoms with van der Waals surface area (Å²) in [6, 6.07) is 18.8. The van der Waals surface area contributed by atoms with E-state index in [2.05, 4.69) is 20.8 Å². The molecule has 0 radical (unpaired) electrons. The van der Waals surface area contributed by atoms with Gasteiger partial charge in [0, 0.05) is 17.8 Å². The quantitative estimate of drug-likeness (QED) is 0.458. The molecule has 4 rings (SSSR count). The molecule has 1 aromatic heterocycles. The average molecular weight is 429 g/mol. The van der Waals surface area contributed by atoms with Crippen LogP contribution in [0.15, 0.2) is 73.3 Å². The first-order valence-corrected chi connectivity index (χ1v) is 10.2. The summed E-state index contributed by atoms with van der Waals surface area (Å²) in [5, 5.41) is 14.9. The molecule has 0 unspecified atom stereocenters. The Morgan fingerprint density at radius 3 is 2.53 bits per heavy atom. The fourth-order valence-electron chi connectivity index (χ4n) is 3.38. The van der Waals surface area contributed by atoms with Crippen LogP contribution in [-0.4, -0.2) is 32.7 Å². The topological polar surface area (TPSA) is 98.1 Å². The largest absolute Gasteiger partial charge is 0.491 e. The number of fused-ring (bicyclic) bond motifs is 1. The maximum atomic E-state index is 12.5. The van der Waals surface area contributed by atoms with Gasteiger partial charge in [-0.2, -0.15) is 0 Å². The third-order valence-corrected chi connectivity index (χ3v) is 4.81. The highest BCUT2D eigenvalue weighted by Crippen LogP contribution is 2.29. The third-order valence-electron chi connectivity index (χ3n) is 4.81. The van der Waals surface area contributed by atoms with Crippen molar-refractivity contribution in [1.29, 1.82) is 0 Å². The Bertz CT molecular complexity index is 1250. The van der Waals surface area contributed by atoms with Crippen LogP contribution < -0.4 is 15.4 Å². The van der Waals surface area contributed by atoms with E-state index in [1.165, 1.54) is 0 Å². The van der Waals surface area contributed by atoms with E-state index in [9.17, 15) is 9.59 Å². The zero-order chi connectivity index (χ0) is 22.5. The molecule has 2 amide bonds. The molecule has 0 fully saturated rings. The highest BCUT2D eigenvalue weighted by atomic mass is 16.5. The van der Waals surface area contributed by atoms with Gasteiger partial charge in [-0.05, 0) is 48.9 Å². The molecule has 32 heavy (non-hydrogen) atoms. The Hall–Kier alpha value is -4.20. The first kappa shape index (κ1) is 21.0. The van der Waals surface area contributed by atoms with Crippen LogP contribution in [0.1, 0.15) is 19.4 Å². The van der Waals surface area contributed by atoms with Gasteiger partial charge in [-0.3, -0.25) is 14.2 Å². The fourth-order valence-corrected chi connectivity index (χ4v) is 3.38. The van der Waals surface area contributed by atoms with Crippen molar-refractivity contribution >= 4 is 28.3 Å². The van der Waals surface area contributed by atoms with Crippen molar-refractivity contribution in [3.05, 3.63) is 78.9 Å². The van der Waals surface area contributed by atoms with Crippen LogP contribution in [0.3, 0.4) is 0 Å². The number of nitrogens with one attached hydrogen (secondary N) is 2. The third kappa shape index (κ3) is 4.75. The van der Waals surface area contributed by atoms with E-state index >= 15 is 0 Å². The van der Waals surface area contributed by atoms with Crippen molar-refractivity contribution in [3.63, 3.8) is 0 Å². The molecule has 2 N–H and O–H groups in total. The number of nitrogens with zero attached hydrogens (tertiary/aromatic N) is 3. The standard InChI is InChI=1S/C24H23N5O3/c1-16(2)32-22-11-10-17-6-3-4-9-20(17)21(22)13-25-23(30)24(31)28-18-7-5-8-19(12-18)29-14-26-27-15-29/h3-12,14-16H,13H2,1-2H3,(H,25,30)(H,28,31). The van der Waals surface area contributed by atoms with Crippen molar-refractivity contribution in [2.45, 2.75) is 26.5 Å². The van der Waals surface area contributed by atoms with Crippen LogP contribution in [0.5, 0.6) is 5.75 Å². The summed E-state index contributed by atoms with van der Waals surface area (Å²) in [5.41, 5.74) is 2.08. The van der Waals surface area contributed by atoms with Crippen molar-refractivity contribution in [2.24, 2.45) is 0 Å². The van der Waals surface area contributed by atoms with E-state index in [1.807, 2.05) is 56.3 Å². The van der Waals surface area contributed by atoms with Crippen LogP contribution in [0.25, 0.3) is 16.5 Å². The van der Waals surface area contributed by atoms with Gasteiger partial charge < -0.3 is 15.4 Å². The van der Waals surface area contributed by atoms with Crippen molar-refractivity contribution < 1.29 is 14.3 Å². The minimum Gasteiger partial charge on any atom is -0.491 e. The molecule has 0 aliphatic carbocycles. The lowest BCUT2D eigenvalue weighted by atomic mass is 10.0. The molecule has 4 aromatic rings. The number of rotatable bonds is 6. The number of carbonyl (C=O) groups is 2. The van der Waals surface area contributed by atoms with E-state index in [-0.39, 0.29) is 12.6 Å². The van der Waals surface area contributed by atoms with Gasteiger partial charge >= 0.3 is 11.8 Å². The molecule has 0 bridgehead atoms. The van der Waals surface area contributed by atoms with E-state index in [1.54, 1.807) is 35.4 Å². The molecule has 0 spiro atoms. The van der Waals surface area contributed by atoms with Gasteiger partial charge in [0.1, 0.15) is 18.4 Å². The van der Waals surface area contributed by atoms with Gasteiger partial charge in [-0.25, -0.2) is 0 Å². The van der Waals surface area contributed by atoms with Crippen molar-refractivity contribution in [3.8, 4) is 11.4 Å². The summed E-state index contributed by atoms with van der Waals surface area (Å²) >= 11 is 0. The summed E-state index contributed by atoms with van der Waals surface area (Å²) in [7, 11) is 0. The molecule has 1 heterocycles. The maximum Gasteiger partial charge on any atom is 0.313 e. The molecule has 8 heteroatoms. The van der Waals surface area contributed by atoms with E-state index in [0.717, 1.165) is 22.0 Å². The van der Waals surface area contributed by atoms with Gasteiger partial charge in [0.2, 0.25) is 0 Å². The number of benzene rings is 3. The number of carbonyl (C=O) groups excluding carboxylic acids is 2. The zero-order valence-electron chi connectivity index (χ0n) is 17.8. The van der Waals surface area contributed by atoms with Crippen LogP contribution in [-0.2, 0) is 16.1 Å². The fraction of sp³-hybridized carbons (Fsp3) is 0.167. The summed E-state index contributed by atoms with van der Waals surface area (Å²) in [4.78, 5) is 25.0. The highest BCUT2D eigenvalue weighted by Gasteiger charge is 2.17. The van der Waals surface area contributed by atoms with Crippen LogP contribution in [0.2, 0.25) is 0 Å². The summed E-state index contributed by atoms with van der Waals surface area (Å²) in [5.74, 6) is -0.804. The van der Waals surface area contributed by atoms with Crippen LogP contribution in [0.4, 0.5) is 5.69 Å². The van der Waals surface area contributed by atoms with Gasteiger partial charge in [0.15, 0.2) is 0 Å². The van der Waals surface area contributed by atoms with E-state index in [0.29, 0.717) is 11.4 Å². The lowest BCUT2D eigenvalue weighted by molar-refractivity contribution is -0.136. The van der Waals surface area contributed by atoms with E-state index < -0.39 is 11.8 Å². The molecule has 0 aliphatic rings.